The molecule has 1 aromatic carbocycles. The van der Waals surface area contributed by atoms with Crippen molar-refractivity contribution in [2.45, 2.75) is 38.6 Å². The zero-order valence-corrected chi connectivity index (χ0v) is 15.6. The molecule has 5 nitrogen and oxygen atoms in total. The summed E-state index contributed by atoms with van der Waals surface area (Å²) in [5.74, 6) is 2.14. The van der Waals surface area contributed by atoms with Crippen LogP contribution < -0.4 is 19.5 Å². The summed E-state index contributed by atoms with van der Waals surface area (Å²) in [4.78, 5) is 2.59. The Morgan fingerprint density at radius 2 is 1.75 bits per heavy atom. The second kappa shape index (κ2) is 9.74. The highest BCUT2D eigenvalue weighted by Crippen LogP contribution is 2.41. The smallest absolute Gasteiger partial charge is 0.203 e. The molecule has 0 bridgehead atoms. The minimum absolute atomic E-state index is 0.388. The third kappa shape index (κ3) is 4.54. The largest absolute Gasteiger partial charge is 0.493 e. The van der Waals surface area contributed by atoms with E-state index >= 15 is 0 Å². The summed E-state index contributed by atoms with van der Waals surface area (Å²) in [6, 6.07) is 4.61. The van der Waals surface area contributed by atoms with Gasteiger partial charge in [-0.15, -0.1) is 0 Å². The van der Waals surface area contributed by atoms with E-state index in [-0.39, 0.29) is 0 Å². The summed E-state index contributed by atoms with van der Waals surface area (Å²) in [5, 5.41) is 3.49. The van der Waals surface area contributed by atoms with E-state index in [1.54, 1.807) is 21.3 Å². The molecule has 1 aromatic rings. The number of nitrogens with zero attached hydrogens (tertiary/aromatic N) is 1. The van der Waals surface area contributed by atoms with Crippen molar-refractivity contribution in [3.05, 3.63) is 17.7 Å². The van der Waals surface area contributed by atoms with Gasteiger partial charge in [-0.2, -0.15) is 0 Å². The maximum absolute atomic E-state index is 5.55. The molecule has 0 spiro atoms. The Hall–Kier alpha value is -1.46. The first kappa shape index (κ1) is 18.9. The van der Waals surface area contributed by atoms with E-state index in [0.717, 1.165) is 44.1 Å². The molecule has 1 unspecified atom stereocenters. The lowest BCUT2D eigenvalue weighted by Gasteiger charge is -2.31. The predicted molar refractivity (Wildman–Crippen MR) is 97.4 cm³/mol. The van der Waals surface area contributed by atoms with Gasteiger partial charge < -0.3 is 19.5 Å². The molecule has 1 fully saturated rings. The van der Waals surface area contributed by atoms with Gasteiger partial charge in [0.2, 0.25) is 5.75 Å². The maximum atomic E-state index is 5.55. The summed E-state index contributed by atoms with van der Waals surface area (Å²) in [7, 11) is 5.00. The van der Waals surface area contributed by atoms with Gasteiger partial charge >= 0.3 is 0 Å². The van der Waals surface area contributed by atoms with Crippen LogP contribution in [-0.2, 0) is 0 Å². The Balaban J connectivity index is 2.36. The minimum Gasteiger partial charge on any atom is -0.493 e. The van der Waals surface area contributed by atoms with E-state index in [1.165, 1.54) is 24.8 Å². The normalized spacial score (nSPS) is 17.2. The number of ether oxygens (including phenoxy) is 3. The van der Waals surface area contributed by atoms with Crippen LogP contribution in [0.1, 0.15) is 44.2 Å². The Labute approximate surface area is 146 Å². The lowest BCUT2D eigenvalue weighted by Crippen LogP contribution is -2.32. The van der Waals surface area contributed by atoms with E-state index in [4.69, 9.17) is 14.2 Å². The van der Waals surface area contributed by atoms with E-state index in [9.17, 15) is 0 Å². The van der Waals surface area contributed by atoms with Gasteiger partial charge in [0.25, 0.3) is 0 Å². The minimum atomic E-state index is 0.388. The monoisotopic (exact) mass is 336 g/mol. The van der Waals surface area contributed by atoms with Crippen LogP contribution in [0, 0.1) is 0 Å². The van der Waals surface area contributed by atoms with Crippen LogP contribution in [0.3, 0.4) is 0 Å². The molecule has 1 aliphatic rings. The molecule has 1 atom stereocenters. The van der Waals surface area contributed by atoms with Gasteiger partial charge in [-0.05, 0) is 37.1 Å². The number of rotatable bonds is 8. The van der Waals surface area contributed by atoms with Gasteiger partial charge in [0.1, 0.15) is 0 Å². The number of nitrogens with one attached hydrogen (secondary N) is 1. The van der Waals surface area contributed by atoms with Crippen molar-refractivity contribution in [3.8, 4) is 17.2 Å². The average Bonchev–Trinajstić information content (AvgIpc) is 2.90. The van der Waals surface area contributed by atoms with Gasteiger partial charge in [0.05, 0.1) is 21.3 Å². The molecule has 0 aromatic heterocycles. The maximum Gasteiger partial charge on any atom is 0.203 e. The molecule has 5 heteroatoms. The van der Waals surface area contributed by atoms with Gasteiger partial charge in [-0.25, -0.2) is 0 Å². The molecule has 0 saturated carbocycles. The summed E-state index contributed by atoms with van der Waals surface area (Å²) in [6.07, 6.45) is 4.75. The topological polar surface area (TPSA) is 43.0 Å². The first-order chi connectivity index (χ1) is 11.7. The Morgan fingerprint density at radius 3 is 2.33 bits per heavy atom. The predicted octanol–water partition coefficient (Wildman–Crippen LogP) is 3.24. The van der Waals surface area contributed by atoms with Crippen LogP contribution in [0.2, 0.25) is 0 Å². The summed E-state index contributed by atoms with van der Waals surface area (Å²) in [6.45, 7) is 6.60. The molecule has 24 heavy (non-hydrogen) atoms. The fraction of sp³-hybridized carbons (Fsp3) is 0.684. The van der Waals surface area contributed by atoms with E-state index < -0.39 is 0 Å². The number of hydrogen-bond donors (Lipinski definition) is 1. The molecular formula is C19H32N2O3. The summed E-state index contributed by atoms with van der Waals surface area (Å²) >= 11 is 0. The molecule has 1 saturated heterocycles. The molecule has 0 amide bonds. The van der Waals surface area contributed by atoms with E-state index in [2.05, 4.69) is 29.3 Å². The van der Waals surface area contributed by atoms with Crippen LogP contribution >= 0.6 is 0 Å². The van der Waals surface area contributed by atoms with E-state index in [1.807, 2.05) is 0 Å². The summed E-state index contributed by atoms with van der Waals surface area (Å²) < 4.78 is 16.6. The Bertz CT molecular complexity index is 474. The van der Waals surface area contributed by atoms with Gasteiger partial charge in [0, 0.05) is 25.7 Å². The van der Waals surface area contributed by atoms with Crippen LogP contribution in [0.15, 0.2) is 12.1 Å². The van der Waals surface area contributed by atoms with E-state index in [0.29, 0.717) is 11.8 Å². The summed E-state index contributed by atoms with van der Waals surface area (Å²) in [5.41, 5.74) is 1.25. The van der Waals surface area contributed by atoms with Crippen molar-refractivity contribution in [1.82, 2.24) is 10.2 Å². The highest BCUT2D eigenvalue weighted by atomic mass is 16.5. The van der Waals surface area contributed by atoms with Crippen molar-refractivity contribution in [3.63, 3.8) is 0 Å². The first-order valence-electron chi connectivity index (χ1n) is 8.99. The highest BCUT2D eigenvalue weighted by molar-refractivity contribution is 5.54. The second-order valence-electron chi connectivity index (χ2n) is 6.26. The fourth-order valence-electron chi connectivity index (χ4n) is 3.43. The number of unbranched alkanes of at least 4 members (excludes halogenated alkanes) is 1. The molecule has 136 valence electrons. The van der Waals surface area contributed by atoms with Crippen molar-refractivity contribution < 1.29 is 14.2 Å². The average molecular weight is 336 g/mol. The van der Waals surface area contributed by atoms with Gasteiger partial charge in [-0.3, -0.25) is 4.90 Å². The highest BCUT2D eigenvalue weighted by Gasteiger charge is 2.24. The molecule has 0 radical (unpaired) electrons. The molecule has 0 aliphatic carbocycles. The molecular weight excluding hydrogens is 304 g/mol. The number of methoxy groups -OCH3 is 3. The molecule has 2 rings (SSSR count). The zero-order valence-electron chi connectivity index (χ0n) is 15.6. The van der Waals surface area contributed by atoms with Crippen molar-refractivity contribution in [1.29, 1.82) is 0 Å². The SMILES string of the molecule is CCCCC(c1cc(OC)c(OC)c(OC)c1)N1CCCNCC1. The molecule has 1 aliphatic heterocycles. The van der Waals surface area contributed by atoms with Crippen LogP contribution in [0.5, 0.6) is 17.2 Å². The number of hydrogen-bond acceptors (Lipinski definition) is 5. The fourth-order valence-corrected chi connectivity index (χ4v) is 3.43. The third-order valence-corrected chi connectivity index (χ3v) is 4.72. The van der Waals surface area contributed by atoms with Crippen LogP contribution in [0.25, 0.3) is 0 Å². The third-order valence-electron chi connectivity index (χ3n) is 4.72. The Kier molecular flexibility index (Phi) is 7.66. The lowest BCUT2D eigenvalue weighted by molar-refractivity contribution is 0.196. The Morgan fingerprint density at radius 1 is 1.04 bits per heavy atom. The van der Waals surface area contributed by atoms with Crippen molar-refractivity contribution in [2.24, 2.45) is 0 Å². The van der Waals surface area contributed by atoms with Crippen LogP contribution in [-0.4, -0.2) is 52.4 Å². The molecule has 1 heterocycles. The second-order valence-corrected chi connectivity index (χ2v) is 6.26. The number of benzene rings is 1. The van der Waals surface area contributed by atoms with Gasteiger partial charge in [-0.1, -0.05) is 19.8 Å². The van der Waals surface area contributed by atoms with Gasteiger partial charge in [0.15, 0.2) is 11.5 Å². The standard InChI is InChI=1S/C19H32N2O3/c1-5-6-8-16(21-11-7-9-20-10-12-21)15-13-17(22-2)19(24-4)18(14-15)23-3/h13-14,16,20H,5-12H2,1-4H3. The van der Waals surface area contributed by atoms with Crippen molar-refractivity contribution >= 4 is 0 Å². The zero-order chi connectivity index (χ0) is 17.4. The van der Waals surface area contributed by atoms with Crippen LogP contribution in [0.4, 0.5) is 0 Å². The quantitative estimate of drug-likeness (QED) is 0.789. The first-order valence-corrected chi connectivity index (χ1v) is 8.99. The van der Waals surface area contributed by atoms with Crippen molar-refractivity contribution in [2.75, 3.05) is 47.5 Å². The molecule has 1 N–H and O–H groups in total. The lowest BCUT2D eigenvalue weighted by atomic mass is 9.98.